The lowest BCUT2D eigenvalue weighted by Gasteiger charge is -2.38. The van der Waals surface area contributed by atoms with Crippen LogP contribution in [0.1, 0.15) is 25.8 Å². The van der Waals surface area contributed by atoms with Crippen molar-refractivity contribution in [2.24, 2.45) is 5.41 Å². The van der Waals surface area contributed by atoms with E-state index in [0.29, 0.717) is 13.1 Å². The van der Waals surface area contributed by atoms with Crippen LogP contribution in [0.4, 0.5) is 10.2 Å². The maximum Gasteiger partial charge on any atom is 0.233 e. The minimum atomic E-state index is -0.532. The van der Waals surface area contributed by atoms with E-state index in [2.05, 4.69) is 28.7 Å². The molecule has 1 aromatic carbocycles. The van der Waals surface area contributed by atoms with Gasteiger partial charge in [-0.1, -0.05) is 26.0 Å². The number of anilines is 1. The number of rotatable bonds is 3. The van der Waals surface area contributed by atoms with Gasteiger partial charge in [-0.3, -0.25) is 9.78 Å². The number of benzene rings is 1. The van der Waals surface area contributed by atoms with E-state index in [0.717, 1.165) is 30.9 Å². The molecule has 1 aromatic heterocycles. The molecule has 0 unspecified atom stereocenters. The highest BCUT2D eigenvalue weighted by atomic mass is 19.1. The van der Waals surface area contributed by atoms with Crippen LogP contribution < -0.4 is 4.90 Å². The summed E-state index contributed by atoms with van der Waals surface area (Å²) >= 11 is 0. The summed E-state index contributed by atoms with van der Waals surface area (Å²) in [7, 11) is 0. The van der Waals surface area contributed by atoms with E-state index in [-0.39, 0.29) is 17.1 Å². The van der Waals surface area contributed by atoms with E-state index in [4.69, 9.17) is 0 Å². The first kappa shape index (κ1) is 16.9. The van der Waals surface area contributed by atoms with Gasteiger partial charge in [0.05, 0.1) is 11.6 Å². The molecule has 2 aliphatic rings. The molecule has 5 nitrogen and oxygen atoms in total. The van der Waals surface area contributed by atoms with Crippen LogP contribution in [0.3, 0.4) is 0 Å². The third kappa shape index (κ3) is 2.64. The molecular formula is C20H23FN4O. The summed E-state index contributed by atoms with van der Waals surface area (Å²) in [5, 5.41) is 0. The molecule has 0 spiro atoms. The van der Waals surface area contributed by atoms with Gasteiger partial charge in [-0.05, 0) is 29.5 Å². The minimum Gasteiger partial charge on any atom is -0.352 e. The van der Waals surface area contributed by atoms with Crippen LogP contribution in [0, 0.1) is 11.2 Å². The second-order valence-electron chi connectivity index (χ2n) is 7.82. The van der Waals surface area contributed by atoms with Crippen LogP contribution in [0.5, 0.6) is 0 Å². The number of piperazine rings is 1. The van der Waals surface area contributed by atoms with Gasteiger partial charge in [0.15, 0.2) is 0 Å². The van der Waals surface area contributed by atoms with E-state index in [1.165, 1.54) is 12.1 Å². The molecule has 136 valence electrons. The Morgan fingerprint density at radius 1 is 1.08 bits per heavy atom. The van der Waals surface area contributed by atoms with Gasteiger partial charge >= 0.3 is 0 Å². The van der Waals surface area contributed by atoms with E-state index < -0.39 is 5.41 Å². The average Bonchev–Trinajstić information content (AvgIpc) is 3.26. The molecule has 4 rings (SSSR count). The Balaban J connectivity index is 1.51. The Bertz CT molecular complexity index is 800. The smallest absolute Gasteiger partial charge is 0.233 e. The van der Waals surface area contributed by atoms with E-state index in [1.54, 1.807) is 30.7 Å². The zero-order chi connectivity index (χ0) is 18.4. The third-order valence-electron chi connectivity index (χ3n) is 5.88. The standard InChI is InChI=1S/C20H23FN4O/c1-19(2)14-20(19,15-3-5-16(21)6-4-15)18(26)25-11-9-24(10-12-25)17-13-22-7-8-23-17/h3-8,13H,9-12,14H2,1-2H3/t20-/m0/s1. The molecule has 1 atom stereocenters. The predicted molar refractivity (Wildman–Crippen MR) is 97.3 cm³/mol. The fraction of sp³-hybridized carbons (Fsp3) is 0.450. The van der Waals surface area contributed by atoms with Crippen LogP contribution in [0.25, 0.3) is 0 Å². The molecule has 1 saturated heterocycles. The van der Waals surface area contributed by atoms with Crippen molar-refractivity contribution < 1.29 is 9.18 Å². The van der Waals surface area contributed by atoms with E-state index in [1.807, 2.05) is 4.90 Å². The summed E-state index contributed by atoms with van der Waals surface area (Å²) in [6, 6.07) is 6.42. The highest BCUT2D eigenvalue weighted by Crippen LogP contribution is 2.65. The monoisotopic (exact) mass is 354 g/mol. The van der Waals surface area contributed by atoms with Crippen molar-refractivity contribution in [2.75, 3.05) is 31.1 Å². The first-order chi connectivity index (χ1) is 12.4. The molecule has 1 saturated carbocycles. The van der Waals surface area contributed by atoms with E-state index >= 15 is 0 Å². The zero-order valence-electron chi connectivity index (χ0n) is 15.2. The molecule has 0 bridgehead atoms. The van der Waals surface area contributed by atoms with Gasteiger partial charge in [-0.2, -0.15) is 0 Å². The molecule has 1 amide bonds. The van der Waals surface area contributed by atoms with Crippen LogP contribution in [-0.4, -0.2) is 47.0 Å². The predicted octanol–water partition coefficient (Wildman–Crippen LogP) is 2.63. The Kier molecular flexibility index (Phi) is 3.93. The molecular weight excluding hydrogens is 331 g/mol. The molecule has 2 aromatic rings. The van der Waals surface area contributed by atoms with Crippen molar-refractivity contribution in [1.29, 1.82) is 0 Å². The summed E-state index contributed by atoms with van der Waals surface area (Å²) in [5.41, 5.74) is 0.282. The van der Waals surface area contributed by atoms with Crippen molar-refractivity contribution in [3.05, 3.63) is 54.2 Å². The van der Waals surface area contributed by atoms with Crippen molar-refractivity contribution >= 4 is 11.7 Å². The van der Waals surface area contributed by atoms with Gasteiger partial charge in [0.2, 0.25) is 5.91 Å². The normalized spacial score (nSPS) is 24.4. The molecule has 2 heterocycles. The highest BCUT2D eigenvalue weighted by molar-refractivity contribution is 5.93. The second kappa shape index (κ2) is 6.04. The molecule has 2 fully saturated rings. The first-order valence-electron chi connectivity index (χ1n) is 9.00. The number of halogens is 1. The largest absolute Gasteiger partial charge is 0.352 e. The number of nitrogens with zero attached hydrogens (tertiary/aromatic N) is 4. The van der Waals surface area contributed by atoms with Crippen LogP contribution in [0.2, 0.25) is 0 Å². The zero-order valence-corrected chi connectivity index (χ0v) is 15.2. The quantitative estimate of drug-likeness (QED) is 0.850. The molecule has 6 heteroatoms. The summed E-state index contributed by atoms with van der Waals surface area (Å²) in [6.07, 6.45) is 5.89. The Labute approximate surface area is 152 Å². The van der Waals surface area contributed by atoms with Crippen molar-refractivity contribution in [1.82, 2.24) is 14.9 Å². The summed E-state index contributed by atoms with van der Waals surface area (Å²) in [5.74, 6) is 0.736. The van der Waals surface area contributed by atoms with Gasteiger partial charge in [0, 0.05) is 38.6 Å². The van der Waals surface area contributed by atoms with Crippen LogP contribution in [0.15, 0.2) is 42.9 Å². The van der Waals surface area contributed by atoms with Crippen molar-refractivity contribution in [2.45, 2.75) is 25.7 Å². The topological polar surface area (TPSA) is 49.3 Å². The van der Waals surface area contributed by atoms with Gasteiger partial charge in [0.25, 0.3) is 0 Å². The second-order valence-corrected chi connectivity index (χ2v) is 7.82. The molecule has 26 heavy (non-hydrogen) atoms. The number of carbonyl (C=O) groups excluding carboxylic acids is 1. The maximum atomic E-state index is 13.4. The van der Waals surface area contributed by atoms with Gasteiger partial charge in [-0.25, -0.2) is 9.37 Å². The van der Waals surface area contributed by atoms with Crippen molar-refractivity contribution in [3.8, 4) is 0 Å². The highest BCUT2D eigenvalue weighted by Gasteiger charge is 2.68. The Morgan fingerprint density at radius 3 is 2.27 bits per heavy atom. The maximum absolute atomic E-state index is 13.4. The fourth-order valence-electron chi connectivity index (χ4n) is 4.20. The number of hydrogen-bond acceptors (Lipinski definition) is 4. The van der Waals surface area contributed by atoms with Crippen LogP contribution in [-0.2, 0) is 10.2 Å². The van der Waals surface area contributed by atoms with Gasteiger partial charge in [-0.15, -0.1) is 0 Å². The lowest BCUT2D eigenvalue weighted by molar-refractivity contribution is -0.135. The van der Waals surface area contributed by atoms with E-state index in [9.17, 15) is 9.18 Å². The number of aromatic nitrogens is 2. The first-order valence-corrected chi connectivity index (χ1v) is 9.00. The van der Waals surface area contributed by atoms with Gasteiger partial charge < -0.3 is 9.80 Å². The summed E-state index contributed by atoms with van der Waals surface area (Å²) in [6.45, 7) is 7.03. The molecule has 0 N–H and O–H groups in total. The lowest BCUT2D eigenvalue weighted by Crippen LogP contribution is -2.52. The van der Waals surface area contributed by atoms with Crippen molar-refractivity contribution in [3.63, 3.8) is 0 Å². The number of carbonyl (C=O) groups is 1. The lowest BCUT2D eigenvalue weighted by atomic mass is 9.86. The Morgan fingerprint density at radius 2 is 1.73 bits per heavy atom. The molecule has 1 aliphatic heterocycles. The number of amides is 1. The summed E-state index contributed by atoms with van der Waals surface area (Å²) in [4.78, 5) is 26.0. The molecule has 1 aliphatic carbocycles. The Hall–Kier alpha value is -2.50. The third-order valence-corrected chi connectivity index (χ3v) is 5.88. The average molecular weight is 354 g/mol. The summed E-state index contributed by atoms with van der Waals surface area (Å²) < 4.78 is 13.3. The van der Waals surface area contributed by atoms with Crippen LogP contribution >= 0.6 is 0 Å². The number of hydrogen-bond donors (Lipinski definition) is 0. The SMILES string of the molecule is CC1(C)C[C@@]1(C(=O)N1CCN(c2cnccn2)CC1)c1ccc(F)cc1. The van der Waals surface area contributed by atoms with Gasteiger partial charge in [0.1, 0.15) is 11.6 Å². The fourth-order valence-corrected chi connectivity index (χ4v) is 4.20. The minimum absolute atomic E-state index is 0.107. The molecule has 0 radical (unpaired) electrons.